The summed E-state index contributed by atoms with van der Waals surface area (Å²) in [5, 5.41) is 0. The van der Waals surface area contributed by atoms with Crippen LogP contribution in [0.5, 0.6) is 0 Å². The molecule has 1 fully saturated rings. The smallest absolute Gasteiger partial charge is 0.289 e. The molecular weight excluding hydrogens is 228 g/mol. The van der Waals surface area contributed by atoms with Crippen molar-refractivity contribution in [2.24, 2.45) is 0 Å². The van der Waals surface area contributed by atoms with Crippen LogP contribution in [0.2, 0.25) is 0 Å². The van der Waals surface area contributed by atoms with Crippen molar-refractivity contribution in [3.8, 4) is 0 Å². The summed E-state index contributed by atoms with van der Waals surface area (Å²) in [5.41, 5.74) is 0. The highest BCUT2D eigenvalue weighted by Crippen LogP contribution is 2.08. The lowest BCUT2D eigenvalue weighted by atomic mass is 10.3. The fourth-order valence-corrected chi connectivity index (χ4v) is 1.82. The third-order valence-electron chi connectivity index (χ3n) is 2.84. The molecule has 1 aromatic heterocycles. The van der Waals surface area contributed by atoms with Crippen LogP contribution in [0, 0.1) is 0 Å². The van der Waals surface area contributed by atoms with Crippen molar-refractivity contribution < 1.29 is 9.21 Å². The van der Waals surface area contributed by atoms with Gasteiger partial charge in [-0.25, -0.2) is 0 Å². The highest BCUT2D eigenvalue weighted by molar-refractivity contribution is 5.91. The molecule has 0 saturated carbocycles. The van der Waals surface area contributed by atoms with Gasteiger partial charge < -0.3 is 14.2 Å². The number of furan rings is 1. The number of carbonyl (C=O) groups excluding carboxylic acids is 1. The zero-order chi connectivity index (χ0) is 13.4. The molecule has 0 aromatic carbocycles. The molecule has 4 heteroatoms. The molecule has 102 valence electrons. The summed E-state index contributed by atoms with van der Waals surface area (Å²) >= 11 is 0. The maximum Gasteiger partial charge on any atom is 0.289 e. The first-order chi connectivity index (χ1) is 8.72. The summed E-state index contributed by atoms with van der Waals surface area (Å²) in [6, 6.07) is 3.46. The molecule has 1 aliphatic rings. The first-order valence-corrected chi connectivity index (χ1v) is 6.78. The van der Waals surface area contributed by atoms with Crippen molar-refractivity contribution in [3.05, 3.63) is 24.2 Å². The quantitative estimate of drug-likeness (QED) is 0.811. The van der Waals surface area contributed by atoms with Gasteiger partial charge in [0.05, 0.1) is 6.26 Å². The van der Waals surface area contributed by atoms with Crippen molar-refractivity contribution >= 4 is 5.91 Å². The summed E-state index contributed by atoms with van der Waals surface area (Å²) < 4.78 is 5.10. The Morgan fingerprint density at radius 1 is 1.22 bits per heavy atom. The number of likely N-dealkylation sites (N-methyl/N-ethyl adjacent to an activating group) is 1. The molecule has 0 N–H and O–H groups in total. The van der Waals surface area contributed by atoms with Gasteiger partial charge in [-0.05, 0) is 18.7 Å². The van der Waals surface area contributed by atoms with Crippen molar-refractivity contribution in [2.75, 3.05) is 32.7 Å². The van der Waals surface area contributed by atoms with Crippen molar-refractivity contribution in [3.63, 3.8) is 0 Å². The molecule has 2 heterocycles. The van der Waals surface area contributed by atoms with Crippen LogP contribution < -0.4 is 0 Å². The normalized spacial score (nSPS) is 16.1. The Labute approximate surface area is 110 Å². The van der Waals surface area contributed by atoms with Crippen LogP contribution in [-0.2, 0) is 0 Å². The molecule has 0 radical (unpaired) electrons. The minimum Gasteiger partial charge on any atom is -0.459 e. The largest absolute Gasteiger partial charge is 0.459 e. The Hall–Kier alpha value is -1.29. The minimum atomic E-state index is 0.00996. The zero-order valence-corrected chi connectivity index (χ0v) is 11.7. The maximum atomic E-state index is 11.9. The number of carbonyl (C=O) groups is 1. The van der Waals surface area contributed by atoms with Crippen LogP contribution in [0.25, 0.3) is 0 Å². The Balaban J connectivity index is 0.000000492. The van der Waals surface area contributed by atoms with Crippen LogP contribution >= 0.6 is 0 Å². The van der Waals surface area contributed by atoms with Gasteiger partial charge in [0.15, 0.2) is 5.76 Å². The molecule has 0 unspecified atom stereocenters. The molecule has 1 saturated heterocycles. The number of piperazine rings is 1. The van der Waals surface area contributed by atoms with E-state index in [1.807, 2.05) is 4.90 Å². The van der Waals surface area contributed by atoms with E-state index in [0.29, 0.717) is 5.76 Å². The Bertz CT molecular complexity index is 328. The van der Waals surface area contributed by atoms with E-state index in [0.717, 1.165) is 32.7 Å². The van der Waals surface area contributed by atoms with Gasteiger partial charge in [-0.15, -0.1) is 0 Å². The van der Waals surface area contributed by atoms with Gasteiger partial charge in [0.25, 0.3) is 5.91 Å². The van der Waals surface area contributed by atoms with Crippen LogP contribution in [0.4, 0.5) is 0 Å². The average molecular weight is 252 g/mol. The van der Waals surface area contributed by atoms with Crippen molar-refractivity contribution in [1.82, 2.24) is 9.80 Å². The van der Waals surface area contributed by atoms with Gasteiger partial charge in [0, 0.05) is 26.2 Å². The van der Waals surface area contributed by atoms with Crippen LogP contribution in [0.15, 0.2) is 22.8 Å². The van der Waals surface area contributed by atoms with Crippen LogP contribution in [-0.4, -0.2) is 48.4 Å². The SMILES string of the molecule is CCC.CCN1CCN(C(=O)c2ccco2)CC1. The highest BCUT2D eigenvalue weighted by atomic mass is 16.3. The zero-order valence-electron chi connectivity index (χ0n) is 11.7. The first-order valence-electron chi connectivity index (χ1n) is 6.78. The molecule has 1 aliphatic heterocycles. The predicted octanol–water partition coefficient (Wildman–Crippen LogP) is 2.47. The van der Waals surface area contributed by atoms with Crippen molar-refractivity contribution in [2.45, 2.75) is 27.2 Å². The molecule has 4 nitrogen and oxygen atoms in total. The number of nitrogens with zero attached hydrogens (tertiary/aromatic N) is 2. The molecular formula is C14H24N2O2. The Morgan fingerprint density at radius 2 is 1.83 bits per heavy atom. The second-order valence-corrected chi connectivity index (χ2v) is 4.41. The topological polar surface area (TPSA) is 36.7 Å². The summed E-state index contributed by atoms with van der Waals surface area (Å²) in [6.45, 7) is 11.0. The molecule has 2 rings (SSSR count). The Kier molecular flexibility index (Phi) is 6.50. The second kappa shape index (κ2) is 7.93. The van der Waals surface area contributed by atoms with Gasteiger partial charge in [-0.2, -0.15) is 0 Å². The van der Waals surface area contributed by atoms with E-state index in [9.17, 15) is 4.79 Å². The van der Waals surface area contributed by atoms with Gasteiger partial charge >= 0.3 is 0 Å². The van der Waals surface area contributed by atoms with Crippen LogP contribution in [0.1, 0.15) is 37.7 Å². The summed E-state index contributed by atoms with van der Waals surface area (Å²) in [7, 11) is 0. The van der Waals surface area contributed by atoms with Crippen LogP contribution in [0.3, 0.4) is 0 Å². The third-order valence-corrected chi connectivity index (χ3v) is 2.84. The van der Waals surface area contributed by atoms with E-state index in [1.54, 1.807) is 12.1 Å². The summed E-state index contributed by atoms with van der Waals surface area (Å²) in [4.78, 5) is 16.1. The van der Waals surface area contributed by atoms with Gasteiger partial charge in [0.2, 0.25) is 0 Å². The predicted molar refractivity (Wildman–Crippen MR) is 72.7 cm³/mol. The van der Waals surface area contributed by atoms with E-state index in [2.05, 4.69) is 25.7 Å². The average Bonchev–Trinajstić information content (AvgIpc) is 2.93. The fourth-order valence-electron chi connectivity index (χ4n) is 1.82. The molecule has 1 amide bonds. The number of hydrogen-bond acceptors (Lipinski definition) is 3. The lowest BCUT2D eigenvalue weighted by Crippen LogP contribution is -2.48. The highest BCUT2D eigenvalue weighted by Gasteiger charge is 2.22. The third kappa shape index (κ3) is 4.18. The lowest BCUT2D eigenvalue weighted by Gasteiger charge is -2.33. The molecule has 0 spiro atoms. The monoisotopic (exact) mass is 252 g/mol. The van der Waals surface area contributed by atoms with Gasteiger partial charge in [-0.3, -0.25) is 4.79 Å². The molecule has 0 bridgehead atoms. The van der Waals surface area contributed by atoms with Crippen molar-refractivity contribution in [1.29, 1.82) is 0 Å². The van der Waals surface area contributed by atoms with Gasteiger partial charge in [-0.1, -0.05) is 27.2 Å². The number of hydrogen-bond donors (Lipinski definition) is 0. The van der Waals surface area contributed by atoms with Gasteiger partial charge in [0.1, 0.15) is 0 Å². The maximum absolute atomic E-state index is 11.9. The van der Waals surface area contributed by atoms with E-state index >= 15 is 0 Å². The summed E-state index contributed by atoms with van der Waals surface area (Å²) in [5.74, 6) is 0.454. The minimum absolute atomic E-state index is 0.00996. The number of amides is 1. The van der Waals surface area contributed by atoms with E-state index in [-0.39, 0.29) is 5.91 Å². The van der Waals surface area contributed by atoms with E-state index < -0.39 is 0 Å². The molecule has 1 aromatic rings. The summed E-state index contributed by atoms with van der Waals surface area (Å²) in [6.07, 6.45) is 2.79. The fraction of sp³-hybridized carbons (Fsp3) is 0.643. The number of rotatable bonds is 2. The lowest BCUT2D eigenvalue weighted by molar-refractivity contribution is 0.0612. The standard InChI is InChI=1S/C11H16N2O2.C3H8/c1-2-12-5-7-13(8-6-12)11(14)10-4-3-9-15-10;1-3-2/h3-4,9H,2,5-8H2,1H3;3H2,1-2H3. The van der Waals surface area contributed by atoms with E-state index in [4.69, 9.17) is 4.42 Å². The molecule has 0 atom stereocenters. The molecule has 18 heavy (non-hydrogen) atoms. The Morgan fingerprint density at radius 3 is 2.28 bits per heavy atom. The second-order valence-electron chi connectivity index (χ2n) is 4.41. The first kappa shape index (κ1) is 14.8. The van der Waals surface area contributed by atoms with E-state index in [1.165, 1.54) is 12.7 Å². The molecule has 0 aliphatic carbocycles.